The summed E-state index contributed by atoms with van der Waals surface area (Å²) in [5.74, 6) is 0. The Labute approximate surface area is 124 Å². The molecule has 2 amide bonds. The van der Waals surface area contributed by atoms with Crippen molar-refractivity contribution in [3.05, 3.63) is 34.9 Å². The van der Waals surface area contributed by atoms with E-state index in [1.54, 1.807) is 0 Å². The third-order valence-electron chi connectivity index (χ3n) is 3.46. The number of carbonyl (C=O) groups is 1. The first-order valence-electron chi connectivity index (χ1n) is 6.88. The highest BCUT2D eigenvalue weighted by molar-refractivity contribution is 6.30. The quantitative estimate of drug-likeness (QED) is 0.875. The SMILES string of the molecule is NCCN1CCN(C(=O)NCc2ccc(Cl)cc2)CC1. The van der Waals surface area contributed by atoms with Crippen LogP contribution in [-0.4, -0.2) is 55.1 Å². The van der Waals surface area contributed by atoms with E-state index in [0.717, 1.165) is 38.3 Å². The minimum Gasteiger partial charge on any atom is -0.334 e. The number of piperazine rings is 1. The molecule has 0 radical (unpaired) electrons. The molecule has 6 heteroatoms. The molecule has 5 nitrogen and oxygen atoms in total. The number of nitrogens with zero attached hydrogens (tertiary/aromatic N) is 2. The molecule has 1 heterocycles. The van der Waals surface area contributed by atoms with Crippen LogP contribution in [0, 0.1) is 0 Å². The molecule has 1 saturated heterocycles. The lowest BCUT2D eigenvalue weighted by atomic mass is 10.2. The normalized spacial score (nSPS) is 16.2. The van der Waals surface area contributed by atoms with E-state index in [-0.39, 0.29) is 6.03 Å². The van der Waals surface area contributed by atoms with Crippen molar-refractivity contribution in [2.75, 3.05) is 39.3 Å². The van der Waals surface area contributed by atoms with Crippen molar-refractivity contribution >= 4 is 17.6 Å². The molecule has 20 heavy (non-hydrogen) atoms. The van der Waals surface area contributed by atoms with Crippen LogP contribution >= 0.6 is 11.6 Å². The summed E-state index contributed by atoms with van der Waals surface area (Å²) in [6, 6.07) is 7.49. The second-order valence-corrected chi connectivity index (χ2v) is 5.34. The predicted octanol–water partition coefficient (Wildman–Crippen LogP) is 1.13. The summed E-state index contributed by atoms with van der Waals surface area (Å²) >= 11 is 5.83. The molecule has 0 spiro atoms. The number of rotatable bonds is 4. The summed E-state index contributed by atoms with van der Waals surface area (Å²) in [4.78, 5) is 16.2. The Hall–Kier alpha value is -1.30. The molecule has 1 aromatic carbocycles. The highest BCUT2D eigenvalue weighted by atomic mass is 35.5. The first-order valence-corrected chi connectivity index (χ1v) is 7.26. The van der Waals surface area contributed by atoms with Crippen molar-refractivity contribution < 1.29 is 4.79 Å². The minimum atomic E-state index is -0.00708. The van der Waals surface area contributed by atoms with Gasteiger partial charge in [0.25, 0.3) is 0 Å². The van der Waals surface area contributed by atoms with Gasteiger partial charge in [-0.05, 0) is 17.7 Å². The van der Waals surface area contributed by atoms with E-state index in [1.807, 2.05) is 29.2 Å². The molecule has 1 aliphatic rings. The lowest BCUT2D eigenvalue weighted by Crippen LogP contribution is -2.52. The van der Waals surface area contributed by atoms with Gasteiger partial charge < -0.3 is 16.0 Å². The van der Waals surface area contributed by atoms with Crippen molar-refractivity contribution in [1.29, 1.82) is 0 Å². The van der Waals surface area contributed by atoms with Crippen molar-refractivity contribution in [3.8, 4) is 0 Å². The highest BCUT2D eigenvalue weighted by Gasteiger charge is 2.20. The summed E-state index contributed by atoms with van der Waals surface area (Å²) in [6.45, 7) is 5.40. The molecule has 0 atom stereocenters. The number of halogens is 1. The van der Waals surface area contributed by atoms with Crippen LogP contribution in [0.1, 0.15) is 5.56 Å². The number of carbonyl (C=O) groups excluding carboxylic acids is 1. The number of urea groups is 1. The van der Waals surface area contributed by atoms with Crippen LogP contribution in [0.2, 0.25) is 5.02 Å². The standard InChI is InChI=1S/C14H21ClN4O/c15-13-3-1-12(2-4-13)11-17-14(20)19-9-7-18(6-5-16)8-10-19/h1-4H,5-11,16H2,(H,17,20). The van der Waals surface area contributed by atoms with Crippen LogP contribution in [0.4, 0.5) is 4.79 Å². The molecule has 0 unspecified atom stereocenters. The van der Waals surface area contributed by atoms with Gasteiger partial charge in [0.1, 0.15) is 0 Å². The molecular weight excluding hydrogens is 276 g/mol. The molecule has 0 aromatic heterocycles. The van der Waals surface area contributed by atoms with Crippen LogP contribution < -0.4 is 11.1 Å². The van der Waals surface area contributed by atoms with E-state index in [4.69, 9.17) is 17.3 Å². The summed E-state index contributed by atoms with van der Waals surface area (Å²) in [7, 11) is 0. The van der Waals surface area contributed by atoms with Gasteiger partial charge in [-0.3, -0.25) is 4.90 Å². The van der Waals surface area contributed by atoms with Crippen LogP contribution in [0.15, 0.2) is 24.3 Å². The fraction of sp³-hybridized carbons (Fsp3) is 0.500. The maximum absolute atomic E-state index is 12.0. The number of benzene rings is 1. The minimum absolute atomic E-state index is 0.00708. The van der Waals surface area contributed by atoms with E-state index in [1.165, 1.54) is 0 Å². The molecule has 0 aliphatic carbocycles. The zero-order valence-corrected chi connectivity index (χ0v) is 12.3. The third kappa shape index (κ3) is 4.37. The number of amides is 2. The Kier molecular flexibility index (Phi) is 5.64. The largest absolute Gasteiger partial charge is 0.334 e. The van der Waals surface area contributed by atoms with Crippen molar-refractivity contribution in [1.82, 2.24) is 15.1 Å². The van der Waals surface area contributed by atoms with Crippen LogP contribution in [0.5, 0.6) is 0 Å². The maximum Gasteiger partial charge on any atom is 0.317 e. The fourth-order valence-corrected chi connectivity index (χ4v) is 2.37. The van der Waals surface area contributed by atoms with Gasteiger partial charge in [-0.15, -0.1) is 0 Å². The van der Waals surface area contributed by atoms with Crippen LogP contribution in [0.3, 0.4) is 0 Å². The van der Waals surface area contributed by atoms with Gasteiger partial charge in [0, 0.05) is 50.8 Å². The number of hydrogen-bond acceptors (Lipinski definition) is 3. The van der Waals surface area contributed by atoms with Gasteiger partial charge in [0.05, 0.1) is 0 Å². The average molecular weight is 297 g/mol. The van der Waals surface area contributed by atoms with E-state index in [0.29, 0.717) is 18.1 Å². The van der Waals surface area contributed by atoms with E-state index >= 15 is 0 Å². The zero-order valence-electron chi connectivity index (χ0n) is 11.5. The third-order valence-corrected chi connectivity index (χ3v) is 3.71. The van der Waals surface area contributed by atoms with E-state index < -0.39 is 0 Å². The van der Waals surface area contributed by atoms with Crippen LogP contribution in [0.25, 0.3) is 0 Å². The number of hydrogen-bond donors (Lipinski definition) is 2. The van der Waals surface area contributed by atoms with Gasteiger partial charge in [0.15, 0.2) is 0 Å². The smallest absolute Gasteiger partial charge is 0.317 e. The Bertz CT molecular complexity index is 429. The Morgan fingerprint density at radius 2 is 1.85 bits per heavy atom. The van der Waals surface area contributed by atoms with Gasteiger partial charge in [-0.25, -0.2) is 4.79 Å². The monoisotopic (exact) mass is 296 g/mol. The van der Waals surface area contributed by atoms with E-state index in [2.05, 4.69) is 10.2 Å². The topological polar surface area (TPSA) is 61.6 Å². The number of nitrogens with one attached hydrogen (secondary N) is 1. The molecule has 1 fully saturated rings. The van der Waals surface area contributed by atoms with Gasteiger partial charge in [-0.2, -0.15) is 0 Å². The zero-order chi connectivity index (χ0) is 14.4. The highest BCUT2D eigenvalue weighted by Crippen LogP contribution is 2.09. The lowest BCUT2D eigenvalue weighted by Gasteiger charge is -2.34. The van der Waals surface area contributed by atoms with Gasteiger partial charge in [-0.1, -0.05) is 23.7 Å². The molecule has 1 aromatic rings. The maximum atomic E-state index is 12.0. The van der Waals surface area contributed by atoms with Crippen molar-refractivity contribution in [2.24, 2.45) is 5.73 Å². The van der Waals surface area contributed by atoms with Crippen LogP contribution in [-0.2, 0) is 6.54 Å². The molecule has 2 rings (SSSR count). The first-order chi connectivity index (χ1) is 9.69. The average Bonchev–Trinajstić information content (AvgIpc) is 2.47. The molecule has 0 bridgehead atoms. The first kappa shape index (κ1) is 15.1. The molecule has 3 N–H and O–H groups in total. The van der Waals surface area contributed by atoms with Gasteiger partial charge >= 0.3 is 6.03 Å². The molecule has 110 valence electrons. The lowest BCUT2D eigenvalue weighted by molar-refractivity contribution is 0.141. The van der Waals surface area contributed by atoms with Gasteiger partial charge in [0.2, 0.25) is 0 Å². The predicted molar refractivity (Wildman–Crippen MR) is 80.8 cm³/mol. The second kappa shape index (κ2) is 7.47. The summed E-state index contributed by atoms with van der Waals surface area (Å²) in [6.07, 6.45) is 0. The summed E-state index contributed by atoms with van der Waals surface area (Å²) in [5.41, 5.74) is 6.58. The second-order valence-electron chi connectivity index (χ2n) is 4.90. The Morgan fingerprint density at radius 1 is 1.20 bits per heavy atom. The summed E-state index contributed by atoms with van der Waals surface area (Å²) in [5, 5.41) is 3.64. The number of nitrogens with two attached hydrogens (primary N) is 1. The fourth-order valence-electron chi connectivity index (χ4n) is 2.25. The molecule has 0 saturated carbocycles. The van der Waals surface area contributed by atoms with E-state index in [9.17, 15) is 4.79 Å². The van der Waals surface area contributed by atoms with Crippen molar-refractivity contribution in [3.63, 3.8) is 0 Å². The Balaban J connectivity index is 1.74. The summed E-state index contributed by atoms with van der Waals surface area (Å²) < 4.78 is 0. The Morgan fingerprint density at radius 3 is 2.45 bits per heavy atom. The molecule has 1 aliphatic heterocycles. The molecular formula is C14H21ClN4O. The van der Waals surface area contributed by atoms with Crippen molar-refractivity contribution in [2.45, 2.75) is 6.54 Å².